The lowest BCUT2D eigenvalue weighted by Crippen LogP contribution is -2.11. The van der Waals surface area contributed by atoms with Gasteiger partial charge in [-0.3, -0.25) is 9.20 Å². The van der Waals surface area contributed by atoms with Gasteiger partial charge in [-0.25, -0.2) is 23.4 Å². The van der Waals surface area contributed by atoms with E-state index >= 15 is 0 Å². The van der Waals surface area contributed by atoms with Crippen LogP contribution in [0.5, 0.6) is 0 Å². The second-order valence-electron chi connectivity index (χ2n) is 8.02. The maximum absolute atomic E-state index is 13.2. The third-order valence-electron chi connectivity index (χ3n) is 5.90. The van der Waals surface area contributed by atoms with E-state index in [0.29, 0.717) is 30.7 Å². The fraction of sp³-hybridized carbons (Fsp3) is 0.304. The number of sulfone groups is 1. The van der Waals surface area contributed by atoms with Crippen LogP contribution in [0.25, 0.3) is 5.78 Å². The van der Waals surface area contributed by atoms with Crippen molar-refractivity contribution in [3.05, 3.63) is 72.2 Å². The molecule has 0 atom stereocenters. The van der Waals surface area contributed by atoms with Gasteiger partial charge in [-0.1, -0.05) is 18.6 Å². The maximum Gasteiger partial charge on any atom is 0.233 e. The average molecular weight is 450 g/mol. The van der Waals surface area contributed by atoms with Crippen molar-refractivity contribution in [2.75, 3.05) is 0 Å². The topological polar surface area (TPSA) is 99.2 Å². The van der Waals surface area contributed by atoms with E-state index in [1.165, 1.54) is 12.4 Å². The minimum Gasteiger partial charge on any atom is -0.319 e. The Morgan fingerprint density at radius 3 is 2.69 bits per heavy atom. The van der Waals surface area contributed by atoms with Crippen LogP contribution in [-0.2, 0) is 29.2 Å². The van der Waals surface area contributed by atoms with Crippen molar-refractivity contribution >= 4 is 21.4 Å². The van der Waals surface area contributed by atoms with Crippen LogP contribution in [0.2, 0.25) is 0 Å². The summed E-state index contributed by atoms with van der Waals surface area (Å²) in [5.41, 5.74) is 1.43. The summed E-state index contributed by atoms with van der Waals surface area (Å²) in [4.78, 5) is 25.4. The number of aromatic nitrogens is 5. The summed E-state index contributed by atoms with van der Waals surface area (Å²) >= 11 is 0. The Hall–Kier alpha value is -3.33. The number of carbonyl (C=O) groups is 1. The summed E-state index contributed by atoms with van der Waals surface area (Å²) in [5.74, 6) is 1.37. The van der Waals surface area contributed by atoms with Crippen molar-refractivity contribution in [3.63, 3.8) is 0 Å². The lowest BCUT2D eigenvalue weighted by Gasteiger charge is -2.10. The van der Waals surface area contributed by atoms with Gasteiger partial charge in [0.2, 0.25) is 15.6 Å². The number of hydrogen-bond donors (Lipinski definition) is 0. The molecule has 4 aromatic rings. The second-order valence-corrected chi connectivity index (χ2v) is 9.92. The first kappa shape index (κ1) is 20.6. The normalized spacial score (nSPS) is 14.2. The van der Waals surface area contributed by atoms with Gasteiger partial charge < -0.3 is 4.57 Å². The molecule has 4 heterocycles. The fourth-order valence-corrected chi connectivity index (χ4v) is 5.51. The number of hydrogen-bond acceptors (Lipinski definition) is 6. The first-order valence-electron chi connectivity index (χ1n) is 10.7. The quantitative estimate of drug-likeness (QED) is 0.419. The van der Waals surface area contributed by atoms with E-state index in [0.717, 1.165) is 37.1 Å². The molecule has 0 unspecified atom stereocenters. The molecule has 1 aromatic carbocycles. The first-order valence-corrected chi connectivity index (χ1v) is 12.2. The lowest BCUT2D eigenvalue weighted by molar-refractivity contribution is 0.0982. The van der Waals surface area contributed by atoms with E-state index in [-0.39, 0.29) is 15.7 Å². The molecule has 1 aliphatic rings. The molecule has 0 fully saturated rings. The Bertz CT molecular complexity index is 1390. The fourth-order valence-electron chi connectivity index (χ4n) is 4.10. The molecule has 0 saturated heterocycles. The lowest BCUT2D eigenvalue weighted by atomic mass is 10.0. The van der Waals surface area contributed by atoms with Gasteiger partial charge in [-0.15, -0.1) is 0 Å². The standard InChI is InChI=1S/C23H23N5O3S/c29-20(18-14-26-23-24-11-13-27(23)16-18)10-7-17-5-8-19(9-6-17)32(30,31)22-15-25-21-4-2-1-3-12-28(21)22/h5-6,8-9,11,13-16H,1-4,7,10,12H2. The largest absolute Gasteiger partial charge is 0.319 e. The molecule has 0 bridgehead atoms. The monoisotopic (exact) mass is 449 g/mol. The zero-order chi connectivity index (χ0) is 22.1. The Morgan fingerprint density at radius 2 is 1.84 bits per heavy atom. The van der Waals surface area contributed by atoms with Gasteiger partial charge in [0.25, 0.3) is 0 Å². The Labute approximate surface area is 185 Å². The molecule has 0 aliphatic carbocycles. The van der Waals surface area contributed by atoms with E-state index in [9.17, 15) is 13.2 Å². The highest BCUT2D eigenvalue weighted by atomic mass is 32.2. The van der Waals surface area contributed by atoms with E-state index in [4.69, 9.17) is 0 Å². The summed E-state index contributed by atoms with van der Waals surface area (Å²) in [6, 6.07) is 6.78. The number of benzene rings is 1. The van der Waals surface area contributed by atoms with Crippen LogP contribution in [0.4, 0.5) is 0 Å². The molecule has 3 aromatic heterocycles. The van der Waals surface area contributed by atoms with Gasteiger partial charge in [-0.05, 0) is 37.0 Å². The molecule has 0 N–H and O–H groups in total. The van der Waals surface area contributed by atoms with E-state index in [1.54, 1.807) is 47.3 Å². The third-order valence-corrected chi connectivity index (χ3v) is 7.67. The molecule has 0 spiro atoms. The molecule has 0 saturated carbocycles. The highest BCUT2D eigenvalue weighted by Gasteiger charge is 2.25. The van der Waals surface area contributed by atoms with Crippen LogP contribution in [0.3, 0.4) is 0 Å². The predicted molar refractivity (Wildman–Crippen MR) is 117 cm³/mol. The SMILES string of the molecule is O=C(CCc1ccc(S(=O)(=O)c2cnc3n2CCCCC3)cc1)c1cnc2nccn2c1. The number of fused-ring (bicyclic) bond motifs is 2. The van der Waals surface area contributed by atoms with Crippen LogP contribution in [-0.4, -0.2) is 38.1 Å². The molecule has 164 valence electrons. The number of Topliss-reactive ketones (excluding diaryl/α,β-unsaturated/α-hetero) is 1. The van der Waals surface area contributed by atoms with E-state index in [2.05, 4.69) is 15.0 Å². The van der Waals surface area contributed by atoms with Crippen molar-refractivity contribution in [3.8, 4) is 0 Å². The molecule has 8 nitrogen and oxygen atoms in total. The van der Waals surface area contributed by atoms with Crippen LogP contribution in [0.1, 0.15) is 47.4 Å². The maximum atomic E-state index is 13.2. The zero-order valence-corrected chi connectivity index (χ0v) is 18.3. The van der Waals surface area contributed by atoms with Gasteiger partial charge in [0.05, 0.1) is 16.7 Å². The summed E-state index contributed by atoms with van der Waals surface area (Å²) in [5, 5.41) is 0.264. The summed E-state index contributed by atoms with van der Waals surface area (Å²) < 4.78 is 30.0. The Kier molecular flexibility index (Phi) is 5.34. The van der Waals surface area contributed by atoms with Crippen molar-refractivity contribution in [1.29, 1.82) is 0 Å². The summed E-state index contributed by atoms with van der Waals surface area (Å²) in [7, 11) is -3.64. The molecule has 0 radical (unpaired) electrons. The zero-order valence-electron chi connectivity index (χ0n) is 17.5. The number of carbonyl (C=O) groups excluding carboxylic acids is 1. The predicted octanol–water partition coefficient (Wildman–Crippen LogP) is 3.30. The van der Waals surface area contributed by atoms with Crippen molar-refractivity contribution in [2.45, 2.75) is 55.0 Å². The molecule has 32 heavy (non-hydrogen) atoms. The summed E-state index contributed by atoms with van der Waals surface area (Å²) in [6.45, 7) is 0.684. The second kappa shape index (κ2) is 8.31. The highest BCUT2D eigenvalue weighted by Crippen LogP contribution is 2.25. The molecule has 9 heteroatoms. The highest BCUT2D eigenvalue weighted by molar-refractivity contribution is 7.91. The Balaban J connectivity index is 1.29. The molecule has 5 rings (SSSR count). The molecular formula is C23H23N5O3S. The summed E-state index contributed by atoms with van der Waals surface area (Å²) in [6.07, 6.45) is 12.8. The minimum absolute atomic E-state index is 0.0215. The van der Waals surface area contributed by atoms with E-state index in [1.807, 2.05) is 4.57 Å². The Morgan fingerprint density at radius 1 is 1.00 bits per heavy atom. The minimum atomic E-state index is -3.64. The van der Waals surface area contributed by atoms with Crippen LogP contribution < -0.4 is 0 Å². The smallest absolute Gasteiger partial charge is 0.233 e. The van der Waals surface area contributed by atoms with E-state index < -0.39 is 9.84 Å². The molecule has 1 aliphatic heterocycles. The van der Waals surface area contributed by atoms with Gasteiger partial charge in [0.1, 0.15) is 5.82 Å². The van der Waals surface area contributed by atoms with Gasteiger partial charge in [0.15, 0.2) is 10.8 Å². The number of aryl methyl sites for hydroxylation is 2. The van der Waals surface area contributed by atoms with Crippen LogP contribution in [0.15, 0.2) is 65.2 Å². The average Bonchev–Trinajstić information content (AvgIpc) is 3.38. The number of imidazole rings is 2. The van der Waals surface area contributed by atoms with Crippen LogP contribution in [0, 0.1) is 0 Å². The third kappa shape index (κ3) is 3.84. The van der Waals surface area contributed by atoms with Crippen LogP contribution >= 0.6 is 0 Å². The molecule has 0 amide bonds. The van der Waals surface area contributed by atoms with Crippen molar-refractivity contribution in [1.82, 2.24) is 23.9 Å². The van der Waals surface area contributed by atoms with Gasteiger partial charge >= 0.3 is 0 Å². The molecular weight excluding hydrogens is 426 g/mol. The number of ketones is 1. The first-order chi connectivity index (χ1) is 15.5. The van der Waals surface area contributed by atoms with Crippen molar-refractivity contribution < 1.29 is 13.2 Å². The van der Waals surface area contributed by atoms with Gasteiger partial charge in [0, 0.05) is 44.2 Å². The number of rotatable bonds is 6. The van der Waals surface area contributed by atoms with Gasteiger partial charge in [-0.2, -0.15) is 0 Å². The number of nitrogens with zero attached hydrogens (tertiary/aromatic N) is 5. The van der Waals surface area contributed by atoms with Crippen molar-refractivity contribution in [2.24, 2.45) is 0 Å².